The second-order valence-corrected chi connectivity index (χ2v) is 4.05. The molecule has 1 aromatic heterocycles. The maximum atomic E-state index is 13.7. The highest BCUT2D eigenvalue weighted by Crippen LogP contribution is 2.31. The van der Waals surface area contributed by atoms with Crippen LogP contribution in [-0.2, 0) is 0 Å². The third-order valence-electron chi connectivity index (χ3n) is 3.11. The molecule has 3 nitrogen and oxygen atoms in total. The highest BCUT2D eigenvalue weighted by molar-refractivity contribution is 5.45. The first-order valence-electron chi connectivity index (χ1n) is 5.31. The Labute approximate surface area is 88.9 Å². The average molecular weight is 209 g/mol. The number of nitrogens with two attached hydrogens (primary N) is 1. The number of hydrogen-bond donors (Lipinski definition) is 2. The number of piperidine rings is 1. The summed E-state index contributed by atoms with van der Waals surface area (Å²) in [7, 11) is 0. The van der Waals surface area contributed by atoms with Gasteiger partial charge in [-0.2, -0.15) is 0 Å². The Morgan fingerprint density at radius 2 is 2.13 bits per heavy atom. The summed E-state index contributed by atoms with van der Waals surface area (Å²) in [5, 5.41) is 3.27. The molecule has 82 valence electrons. The molecule has 0 aliphatic carbocycles. The fourth-order valence-electron chi connectivity index (χ4n) is 2.22. The lowest BCUT2D eigenvalue weighted by Gasteiger charge is -2.25. The Balaban J connectivity index is 2.36. The van der Waals surface area contributed by atoms with Crippen molar-refractivity contribution < 1.29 is 4.39 Å². The first kappa shape index (κ1) is 10.4. The molecule has 0 radical (unpaired) electrons. The number of pyridine rings is 1. The van der Waals surface area contributed by atoms with E-state index < -0.39 is 0 Å². The summed E-state index contributed by atoms with van der Waals surface area (Å²) in [6.07, 6.45) is 3.18. The van der Waals surface area contributed by atoms with Crippen LogP contribution < -0.4 is 11.1 Å². The van der Waals surface area contributed by atoms with Crippen LogP contribution in [0.2, 0.25) is 0 Å². The van der Waals surface area contributed by atoms with Gasteiger partial charge in [-0.25, -0.2) is 9.37 Å². The van der Waals surface area contributed by atoms with Gasteiger partial charge >= 0.3 is 0 Å². The molecule has 0 amide bonds. The van der Waals surface area contributed by atoms with Crippen LogP contribution in [0.25, 0.3) is 0 Å². The van der Waals surface area contributed by atoms with Crippen molar-refractivity contribution in [3.05, 3.63) is 23.1 Å². The molecule has 4 heteroatoms. The third-order valence-corrected chi connectivity index (χ3v) is 3.11. The van der Waals surface area contributed by atoms with E-state index in [4.69, 9.17) is 5.73 Å². The topological polar surface area (TPSA) is 50.9 Å². The van der Waals surface area contributed by atoms with E-state index in [0.717, 1.165) is 37.1 Å². The van der Waals surface area contributed by atoms with Crippen molar-refractivity contribution in [3.63, 3.8) is 0 Å². The van der Waals surface area contributed by atoms with E-state index in [2.05, 4.69) is 10.3 Å². The van der Waals surface area contributed by atoms with Gasteiger partial charge in [-0.3, -0.25) is 0 Å². The first-order valence-corrected chi connectivity index (χ1v) is 5.31. The second kappa shape index (κ2) is 4.14. The molecule has 2 heterocycles. The lowest BCUT2D eigenvalue weighted by atomic mass is 9.88. The van der Waals surface area contributed by atoms with Crippen LogP contribution in [-0.4, -0.2) is 18.1 Å². The van der Waals surface area contributed by atoms with Crippen LogP contribution in [0.1, 0.15) is 29.9 Å². The van der Waals surface area contributed by atoms with Gasteiger partial charge in [0.15, 0.2) is 0 Å². The van der Waals surface area contributed by atoms with E-state index in [-0.39, 0.29) is 11.7 Å². The lowest BCUT2D eigenvalue weighted by Crippen LogP contribution is -2.27. The maximum Gasteiger partial charge on any atom is 0.145 e. The van der Waals surface area contributed by atoms with Crippen molar-refractivity contribution in [1.29, 1.82) is 0 Å². The molecular weight excluding hydrogens is 193 g/mol. The van der Waals surface area contributed by atoms with Crippen LogP contribution in [0, 0.1) is 12.7 Å². The van der Waals surface area contributed by atoms with Crippen molar-refractivity contribution >= 4 is 5.82 Å². The van der Waals surface area contributed by atoms with E-state index in [9.17, 15) is 4.39 Å². The summed E-state index contributed by atoms with van der Waals surface area (Å²) < 4.78 is 13.7. The largest absolute Gasteiger partial charge is 0.383 e. The number of halogens is 1. The Kier molecular flexibility index (Phi) is 2.86. The normalized spacial score (nSPS) is 18.0. The van der Waals surface area contributed by atoms with E-state index in [1.807, 2.05) is 6.92 Å². The van der Waals surface area contributed by atoms with Gasteiger partial charge in [0.1, 0.15) is 11.6 Å². The minimum atomic E-state index is -0.214. The van der Waals surface area contributed by atoms with Crippen LogP contribution in [0.15, 0.2) is 6.20 Å². The van der Waals surface area contributed by atoms with Crippen LogP contribution in [0.5, 0.6) is 0 Å². The Hall–Kier alpha value is -1.16. The highest BCUT2D eigenvalue weighted by atomic mass is 19.1. The molecule has 15 heavy (non-hydrogen) atoms. The summed E-state index contributed by atoms with van der Waals surface area (Å²) in [5.74, 6) is 0.523. The zero-order valence-electron chi connectivity index (χ0n) is 8.89. The first-order chi connectivity index (χ1) is 7.20. The fourth-order valence-corrected chi connectivity index (χ4v) is 2.22. The summed E-state index contributed by atoms with van der Waals surface area (Å²) in [5.41, 5.74) is 7.28. The molecule has 1 saturated heterocycles. The summed E-state index contributed by atoms with van der Waals surface area (Å²) in [4.78, 5) is 3.82. The number of aromatic nitrogens is 1. The van der Waals surface area contributed by atoms with Gasteiger partial charge in [-0.1, -0.05) is 0 Å². The van der Waals surface area contributed by atoms with Gasteiger partial charge in [0.2, 0.25) is 0 Å². The molecule has 1 fully saturated rings. The quantitative estimate of drug-likeness (QED) is 0.738. The number of rotatable bonds is 1. The smallest absolute Gasteiger partial charge is 0.145 e. The van der Waals surface area contributed by atoms with Gasteiger partial charge < -0.3 is 11.1 Å². The second-order valence-electron chi connectivity index (χ2n) is 4.05. The number of nitrogens with zero attached hydrogens (tertiary/aromatic N) is 1. The molecule has 1 aliphatic rings. The molecule has 1 aliphatic heterocycles. The standard InChI is InChI=1S/C11H16FN3/c1-7-10(8-2-4-14-5-3-8)9(12)6-15-11(7)13/h6,8,14H,2-5H2,1H3,(H2,13,15). The van der Waals surface area contributed by atoms with Gasteiger partial charge in [0, 0.05) is 0 Å². The number of anilines is 1. The van der Waals surface area contributed by atoms with Gasteiger partial charge in [0.25, 0.3) is 0 Å². The maximum absolute atomic E-state index is 13.7. The number of nitrogens with one attached hydrogen (secondary N) is 1. The number of hydrogen-bond acceptors (Lipinski definition) is 3. The molecule has 0 unspecified atom stereocenters. The van der Waals surface area contributed by atoms with Crippen molar-refractivity contribution in [3.8, 4) is 0 Å². The van der Waals surface area contributed by atoms with Gasteiger partial charge in [-0.05, 0) is 49.9 Å². The lowest BCUT2D eigenvalue weighted by molar-refractivity contribution is 0.442. The zero-order valence-corrected chi connectivity index (χ0v) is 8.89. The summed E-state index contributed by atoms with van der Waals surface area (Å²) in [6, 6.07) is 0. The molecule has 0 spiro atoms. The zero-order chi connectivity index (χ0) is 10.8. The van der Waals surface area contributed by atoms with E-state index in [1.54, 1.807) is 0 Å². The minimum absolute atomic E-state index is 0.214. The Morgan fingerprint density at radius 3 is 2.80 bits per heavy atom. The number of nitrogen functional groups attached to an aromatic ring is 1. The molecule has 2 rings (SSSR count). The summed E-state index contributed by atoms with van der Waals surface area (Å²) >= 11 is 0. The molecule has 0 saturated carbocycles. The molecule has 0 bridgehead atoms. The van der Waals surface area contributed by atoms with E-state index in [1.165, 1.54) is 6.20 Å². The predicted molar refractivity (Wildman–Crippen MR) is 58.2 cm³/mol. The molecular formula is C11H16FN3. The SMILES string of the molecule is Cc1c(N)ncc(F)c1C1CCNCC1. The molecule has 1 aromatic rings. The minimum Gasteiger partial charge on any atom is -0.383 e. The van der Waals surface area contributed by atoms with E-state index in [0.29, 0.717) is 5.82 Å². The van der Waals surface area contributed by atoms with Crippen molar-refractivity contribution in [1.82, 2.24) is 10.3 Å². The monoisotopic (exact) mass is 209 g/mol. The average Bonchev–Trinajstić information content (AvgIpc) is 2.26. The van der Waals surface area contributed by atoms with Crippen molar-refractivity contribution in [2.45, 2.75) is 25.7 Å². The summed E-state index contributed by atoms with van der Waals surface area (Å²) in [6.45, 7) is 3.75. The van der Waals surface area contributed by atoms with Crippen molar-refractivity contribution in [2.75, 3.05) is 18.8 Å². The molecule has 3 N–H and O–H groups in total. The van der Waals surface area contributed by atoms with E-state index >= 15 is 0 Å². The van der Waals surface area contributed by atoms with Crippen molar-refractivity contribution in [2.24, 2.45) is 0 Å². The van der Waals surface area contributed by atoms with Crippen LogP contribution >= 0.6 is 0 Å². The third kappa shape index (κ3) is 1.95. The van der Waals surface area contributed by atoms with Gasteiger partial charge in [-0.15, -0.1) is 0 Å². The fraction of sp³-hybridized carbons (Fsp3) is 0.545. The van der Waals surface area contributed by atoms with Crippen LogP contribution in [0.3, 0.4) is 0 Å². The van der Waals surface area contributed by atoms with Crippen LogP contribution in [0.4, 0.5) is 10.2 Å². The Morgan fingerprint density at radius 1 is 1.47 bits per heavy atom. The molecule has 0 aromatic carbocycles. The molecule has 0 atom stereocenters. The Bertz CT molecular complexity index is 359. The highest BCUT2D eigenvalue weighted by Gasteiger charge is 2.21. The van der Waals surface area contributed by atoms with Gasteiger partial charge in [0.05, 0.1) is 6.20 Å². The predicted octanol–water partition coefficient (Wildman–Crippen LogP) is 1.58.